The molecule has 0 bridgehead atoms. The quantitative estimate of drug-likeness (QED) is 0.828. The molecule has 0 unspecified atom stereocenters. The Kier molecular flexibility index (Phi) is 3.03. The lowest BCUT2D eigenvalue weighted by atomic mass is 10.1. The van der Waals surface area contributed by atoms with E-state index in [1.165, 1.54) is 0 Å². The summed E-state index contributed by atoms with van der Waals surface area (Å²) in [5, 5.41) is 21.6. The van der Waals surface area contributed by atoms with Gasteiger partial charge in [0.05, 0.1) is 12.2 Å². The van der Waals surface area contributed by atoms with Crippen molar-refractivity contribution in [2.75, 3.05) is 18.5 Å². The largest absolute Gasteiger partial charge is 0.396 e. The van der Waals surface area contributed by atoms with E-state index in [2.05, 4.69) is 16.4 Å². The van der Waals surface area contributed by atoms with Crippen molar-refractivity contribution in [1.82, 2.24) is 4.98 Å². The number of anilines is 1. The van der Waals surface area contributed by atoms with Crippen molar-refractivity contribution in [2.45, 2.75) is 26.7 Å². The van der Waals surface area contributed by atoms with Crippen LogP contribution >= 0.6 is 0 Å². The van der Waals surface area contributed by atoms with E-state index in [9.17, 15) is 5.11 Å². The maximum atomic E-state index is 9.24. The highest BCUT2D eigenvalue weighted by atomic mass is 16.3. The van der Waals surface area contributed by atoms with Gasteiger partial charge in [0, 0.05) is 17.7 Å². The standard InChI is InChI=1S/C13H17N3O/c1-9-5-10(2)16-12(11(9)6-14)15-7-13(8-17)3-4-13/h5,17H,3-4,7-8H2,1-2H3,(H,15,16). The van der Waals surface area contributed by atoms with Crippen LogP contribution in [0.1, 0.15) is 29.7 Å². The molecule has 0 spiro atoms. The van der Waals surface area contributed by atoms with Gasteiger partial charge in [-0.3, -0.25) is 0 Å². The van der Waals surface area contributed by atoms with Crippen LogP contribution in [0, 0.1) is 30.6 Å². The van der Waals surface area contributed by atoms with Gasteiger partial charge < -0.3 is 10.4 Å². The SMILES string of the molecule is Cc1cc(C)c(C#N)c(NCC2(CO)CC2)n1. The average Bonchev–Trinajstić information content (AvgIpc) is 3.06. The zero-order valence-corrected chi connectivity index (χ0v) is 10.2. The Morgan fingerprint density at radius 3 is 2.76 bits per heavy atom. The van der Waals surface area contributed by atoms with Crippen LogP contribution in [0.4, 0.5) is 5.82 Å². The molecule has 1 saturated carbocycles. The van der Waals surface area contributed by atoms with Gasteiger partial charge in [-0.05, 0) is 38.3 Å². The van der Waals surface area contributed by atoms with Crippen LogP contribution in [0.5, 0.6) is 0 Å². The smallest absolute Gasteiger partial charge is 0.144 e. The molecule has 4 nitrogen and oxygen atoms in total. The minimum atomic E-state index is 0.0199. The number of pyridine rings is 1. The Morgan fingerprint density at radius 1 is 1.53 bits per heavy atom. The summed E-state index contributed by atoms with van der Waals surface area (Å²) in [6.45, 7) is 4.72. The topological polar surface area (TPSA) is 68.9 Å². The van der Waals surface area contributed by atoms with E-state index in [0.717, 1.165) is 24.1 Å². The third-order valence-corrected chi connectivity index (χ3v) is 3.38. The zero-order valence-electron chi connectivity index (χ0n) is 10.2. The van der Waals surface area contributed by atoms with Crippen molar-refractivity contribution >= 4 is 5.82 Å². The molecule has 1 aromatic rings. The summed E-state index contributed by atoms with van der Waals surface area (Å²) in [5.41, 5.74) is 2.46. The summed E-state index contributed by atoms with van der Waals surface area (Å²) in [7, 11) is 0. The van der Waals surface area contributed by atoms with Crippen LogP contribution in [0.15, 0.2) is 6.07 Å². The van der Waals surface area contributed by atoms with Crippen molar-refractivity contribution < 1.29 is 5.11 Å². The molecule has 4 heteroatoms. The summed E-state index contributed by atoms with van der Waals surface area (Å²) in [6, 6.07) is 4.08. The number of nitriles is 1. The molecule has 90 valence electrons. The van der Waals surface area contributed by atoms with E-state index in [-0.39, 0.29) is 12.0 Å². The highest BCUT2D eigenvalue weighted by molar-refractivity contribution is 5.56. The average molecular weight is 231 g/mol. The van der Waals surface area contributed by atoms with Gasteiger partial charge in [0.15, 0.2) is 0 Å². The maximum Gasteiger partial charge on any atom is 0.144 e. The Morgan fingerprint density at radius 2 is 2.24 bits per heavy atom. The van der Waals surface area contributed by atoms with Crippen molar-refractivity contribution in [3.05, 3.63) is 22.9 Å². The molecule has 0 aliphatic heterocycles. The summed E-state index contributed by atoms with van der Waals surface area (Å²) in [4.78, 5) is 4.35. The van der Waals surface area contributed by atoms with Gasteiger partial charge in [-0.1, -0.05) is 0 Å². The fourth-order valence-corrected chi connectivity index (χ4v) is 1.94. The van der Waals surface area contributed by atoms with Crippen molar-refractivity contribution in [2.24, 2.45) is 5.41 Å². The number of nitrogens with one attached hydrogen (secondary N) is 1. The molecule has 1 aromatic heterocycles. The molecule has 2 rings (SSSR count). The fourth-order valence-electron chi connectivity index (χ4n) is 1.94. The molecule has 0 saturated heterocycles. The molecule has 1 heterocycles. The third-order valence-electron chi connectivity index (χ3n) is 3.38. The molecule has 0 amide bonds. The Bertz CT molecular complexity index is 472. The molecule has 1 aliphatic carbocycles. The second kappa shape index (κ2) is 4.34. The van der Waals surface area contributed by atoms with E-state index in [4.69, 9.17) is 5.26 Å². The maximum absolute atomic E-state index is 9.24. The van der Waals surface area contributed by atoms with Crippen LogP contribution in [-0.2, 0) is 0 Å². The predicted octanol–water partition coefficient (Wildman–Crippen LogP) is 1.75. The Balaban J connectivity index is 2.18. The van der Waals surface area contributed by atoms with Crippen LogP contribution < -0.4 is 5.32 Å². The number of rotatable bonds is 4. The van der Waals surface area contributed by atoms with E-state index in [0.29, 0.717) is 17.9 Å². The van der Waals surface area contributed by atoms with Crippen LogP contribution in [0.25, 0.3) is 0 Å². The van der Waals surface area contributed by atoms with E-state index in [1.807, 2.05) is 19.9 Å². The molecule has 1 aliphatic rings. The monoisotopic (exact) mass is 231 g/mol. The van der Waals surface area contributed by atoms with Crippen molar-refractivity contribution in [3.63, 3.8) is 0 Å². The second-order valence-electron chi connectivity index (χ2n) is 4.93. The highest BCUT2D eigenvalue weighted by Gasteiger charge is 2.41. The fraction of sp³-hybridized carbons (Fsp3) is 0.538. The molecule has 2 N–H and O–H groups in total. The first-order chi connectivity index (χ1) is 8.10. The van der Waals surface area contributed by atoms with Crippen molar-refractivity contribution in [3.8, 4) is 6.07 Å². The number of aliphatic hydroxyl groups excluding tert-OH is 1. The number of aromatic nitrogens is 1. The summed E-state index contributed by atoms with van der Waals surface area (Å²) >= 11 is 0. The van der Waals surface area contributed by atoms with Crippen LogP contribution in [0.3, 0.4) is 0 Å². The van der Waals surface area contributed by atoms with Gasteiger partial charge in [-0.2, -0.15) is 5.26 Å². The summed E-state index contributed by atoms with van der Waals surface area (Å²) in [6.07, 6.45) is 2.09. The lowest BCUT2D eigenvalue weighted by Crippen LogP contribution is -2.20. The number of nitrogens with zero attached hydrogens (tertiary/aromatic N) is 2. The van der Waals surface area contributed by atoms with Crippen molar-refractivity contribution in [1.29, 1.82) is 5.26 Å². The predicted molar refractivity (Wildman–Crippen MR) is 65.7 cm³/mol. The molecular weight excluding hydrogens is 214 g/mol. The lowest BCUT2D eigenvalue weighted by Gasteiger charge is -2.15. The van der Waals surface area contributed by atoms with E-state index < -0.39 is 0 Å². The summed E-state index contributed by atoms with van der Waals surface area (Å²) in [5.74, 6) is 0.643. The molecule has 1 fully saturated rings. The zero-order chi connectivity index (χ0) is 12.5. The molecular formula is C13H17N3O. The van der Waals surface area contributed by atoms with Gasteiger partial charge in [-0.15, -0.1) is 0 Å². The van der Waals surface area contributed by atoms with Gasteiger partial charge >= 0.3 is 0 Å². The second-order valence-corrected chi connectivity index (χ2v) is 4.93. The van der Waals surface area contributed by atoms with Crippen LogP contribution in [-0.4, -0.2) is 23.2 Å². The lowest BCUT2D eigenvalue weighted by molar-refractivity contribution is 0.219. The van der Waals surface area contributed by atoms with Gasteiger partial charge in [0.2, 0.25) is 0 Å². The minimum absolute atomic E-state index is 0.0199. The minimum Gasteiger partial charge on any atom is -0.396 e. The Hall–Kier alpha value is -1.60. The Labute approximate surface area is 101 Å². The van der Waals surface area contributed by atoms with E-state index in [1.54, 1.807) is 0 Å². The van der Waals surface area contributed by atoms with Crippen LogP contribution in [0.2, 0.25) is 0 Å². The molecule has 0 radical (unpaired) electrons. The first-order valence-electron chi connectivity index (χ1n) is 5.83. The molecule has 0 atom stereocenters. The van der Waals surface area contributed by atoms with Gasteiger partial charge in [0.1, 0.15) is 11.9 Å². The van der Waals surface area contributed by atoms with E-state index >= 15 is 0 Å². The number of aliphatic hydroxyl groups is 1. The summed E-state index contributed by atoms with van der Waals surface area (Å²) < 4.78 is 0. The third kappa shape index (κ3) is 2.40. The van der Waals surface area contributed by atoms with Gasteiger partial charge in [-0.25, -0.2) is 4.98 Å². The first kappa shape index (κ1) is 11.9. The number of hydrogen-bond acceptors (Lipinski definition) is 4. The molecule has 0 aromatic carbocycles. The number of hydrogen-bond donors (Lipinski definition) is 2. The molecule has 17 heavy (non-hydrogen) atoms. The first-order valence-corrected chi connectivity index (χ1v) is 5.83. The normalized spacial score (nSPS) is 16.4. The highest BCUT2D eigenvalue weighted by Crippen LogP contribution is 2.44. The van der Waals surface area contributed by atoms with Gasteiger partial charge in [0.25, 0.3) is 0 Å². The number of aryl methyl sites for hydroxylation is 2.